The van der Waals surface area contributed by atoms with Gasteiger partial charge in [-0.05, 0) is 44.9 Å². The van der Waals surface area contributed by atoms with Gasteiger partial charge < -0.3 is 9.15 Å². The van der Waals surface area contributed by atoms with Crippen LogP contribution in [0.5, 0.6) is 0 Å². The van der Waals surface area contributed by atoms with E-state index in [0.717, 1.165) is 18.2 Å². The van der Waals surface area contributed by atoms with Gasteiger partial charge in [-0.2, -0.15) is 0 Å². The third-order valence-corrected chi connectivity index (χ3v) is 4.11. The smallest absolute Gasteiger partial charge is 0.373 e. The van der Waals surface area contributed by atoms with E-state index >= 15 is 0 Å². The normalized spacial score (nSPS) is 17.9. The average Bonchev–Trinajstić information content (AvgIpc) is 3.07. The number of methoxy groups -OCH3 is 1. The first-order valence-electron chi connectivity index (χ1n) is 7.00. The van der Waals surface area contributed by atoms with E-state index in [4.69, 9.17) is 4.42 Å². The van der Waals surface area contributed by atoms with Gasteiger partial charge in [0.25, 0.3) is 0 Å². The lowest BCUT2D eigenvalue weighted by atomic mass is 10.1. The quantitative estimate of drug-likeness (QED) is 0.766. The van der Waals surface area contributed by atoms with Crippen molar-refractivity contribution in [2.24, 2.45) is 5.92 Å². The van der Waals surface area contributed by atoms with Crippen LogP contribution >= 0.6 is 0 Å². The van der Waals surface area contributed by atoms with Gasteiger partial charge in [0.15, 0.2) is 0 Å². The van der Waals surface area contributed by atoms with Crippen molar-refractivity contribution < 1.29 is 13.9 Å². The molecule has 1 atom stereocenters. The number of carbonyl (C=O) groups is 1. The molecule has 0 spiro atoms. The van der Waals surface area contributed by atoms with Crippen LogP contribution in [0.2, 0.25) is 0 Å². The predicted octanol–water partition coefficient (Wildman–Crippen LogP) is 3.25. The molecule has 1 unspecified atom stereocenters. The van der Waals surface area contributed by atoms with Crippen LogP contribution in [0.1, 0.15) is 55.0 Å². The second-order valence-corrected chi connectivity index (χ2v) is 5.46. The molecule has 1 fully saturated rings. The van der Waals surface area contributed by atoms with Gasteiger partial charge in [0.2, 0.25) is 5.76 Å². The Morgan fingerprint density at radius 3 is 2.79 bits per heavy atom. The molecule has 0 bridgehead atoms. The summed E-state index contributed by atoms with van der Waals surface area (Å²) < 4.78 is 10.2. The molecule has 0 aromatic carbocycles. The summed E-state index contributed by atoms with van der Waals surface area (Å²) in [5.41, 5.74) is 0. The van der Waals surface area contributed by atoms with E-state index in [0.29, 0.717) is 0 Å². The zero-order valence-corrected chi connectivity index (χ0v) is 12.0. The molecule has 1 heterocycles. The lowest BCUT2D eigenvalue weighted by Gasteiger charge is -2.25. The largest absolute Gasteiger partial charge is 0.463 e. The fraction of sp³-hybridized carbons (Fsp3) is 0.667. The summed E-state index contributed by atoms with van der Waals surface area (Å²) >= 11 is 0. The molecule has 0 saturated heterocycles. The van der Waals surface area contributed by atoms with Crippen molar-refractivity contribution in [2.75, 3.05) is 20.7 Å². The zero-order chi connectivity index (χ0) is 13.8. The number of ether oxygens (including phenoxy) is 1. The number of hydrogen-bond donors (Lipinski definition) is 0. The third-order valence-electron chi connectivity index (χ3n) is 4.11. The first kappa shape index (κ1) is 14.1. The Hall–Kier alpha value is -1.29. The van der Waals surface area contributed by atoms with Crippen LogP contribution in [0.15, 0.2) is 16.5 Å². The molecule has 1 aliphatic rings. The highest BCUT2D eigenvalue weighted by Crippen LogP contribution is 2.28. The average molecular weight is 265 g/mol. The van der Waals surface area contributed by atoms with Crippen molar-refractivity contribution in [1.29, 1.82) is 0 Å². The third kappa shape index (κ3) is 3.38. The van der Waals surface area contributed by atoms with Crippen molar-refractivity contribution in [3.8, 4) is 0 Å². The van der Waals surface area contributed by atoms with Gasteiger partial charge in [-0.1, -0.05) is 12.8 Å². The van der Waals surface area contributed by atoms with Crippen LogP contribution in [-0.4, -0.2) is 31.6 Å². The predicted molar refractivity (Wildman–Crippen MR) is 73.1 cm³/mol. The molecule has 1 saturated carbocycles. The van der Waals surface area contributed by atoms with Crippen LogP contribution in [0.25, 0.3) is 0 Å². The Morgan fingerprint density at radius 2 is 2.16 bits per heavy atom. The minimum atomic E-state index is -0.420. The number of nitrogens with zero attached hydrogens (tertiary/aromatic N) is 1. The minimum Gasteiger partial charge on any atom is -0.463 e. The summed E-state index contributed by atoms with van der Waals surface area (Å²) in [5, 5.41) is 0. The topological polar surface area (TPSA) is 42.7 Å². The number of furan rings is 1. The Morgan fingerprint density at radius 1 is 1.47 bits per heavy atom. The molecule has 0 N–H and O–H groups in total. The molecular formula is C15H23NO3. The van der Waals surface area contributed by atoms with Crippen molar-refractivity contribution >= 4 is 5.97 Å². The van der Waals surface area contributed by atoms with Crippen molar-refractivity contribution in [3.05, 3.63) is 23.7 Å². The summed E-state index contributed by atoms with van der Waals surface area (Å²) in [6.07, 6.45) is 5.39. The van der Waals surface area contributed by atoms with Gasteiger partial charge >= 0.3 is 5.97 Å². The van der Waals surface area contributed by atoms with Gasteiger partial charge in [-0.25, -0.2) is 4.79 Å². The van der Waals surface area contributed by atoms with Crippen LogP contribution < -0.4 is 0 Å². The maximum absolute atomic E-state index is 11.4. The number of hydrogen-bond acceptors (Lipinski definition) is 4. The second-order valence-electron chi connectivity index (χ2n) is 5.46. The van der Waals surface area contributed by atoms with Crippen molar-refractivity contribution in [2.45, 2.75) is 38.6 Å². The van der Waals surface area contributed by atoms with Crippen LogP contribution in [0.3, 0.4) is 0 Å². The monoisotopic (exact) mass is 265 g/mol. The maximum Gasteiger partial charge on any atom is 0.373 e. The summed E-state index contributed by atoms with van der Waals surface area (Å²) in [4.78, 5) is 13.7. The summed E-state index contributed by atoms with van der Waals surface area (Å²) in [6.45, 7) is 3.20. The fourth-order valence-electron chi connectivity index (χ4n) is 2.76. The highest BCUT2D eigenvalue weighted by Gasteiger charge is 2.22. The zero-order valence-electron chi connectivity index (χ0n) is 12.0. The molecule has 4 nitrogen and oxygen atoms in total. The second kappa shape index (κ2) is 6.24. The summed E-state index contributed by atoms with van der Waals surface area (Å²) in [6, 6.07) is 3.72. The van der Waals surface area contributed by atoms with Gasteiger partial charge in [-0.15, -0.1) is 0 Å². The van der Waals surface area contributed by atoms with Crippen LogP contribution in [0.4, 0.5) is 0 Å². The Labute approximate surface area is 114 Å². The highest BCUT2D eigenvalue weighted by atomic mass is 16.5. The Balaban J connectivity index is 1.95. The van der Waals surface area contributed by atoms with Gasteiger partial charge in [0, 0.05) is 6.54 Å². The SMILES string of the molecule is COC(=O)c1ccc(C(C)N(C)CC2CCCC2)o1. The van der Waals surface area contributed by atoms with E-state index in [1.54, 1.807) is 6.07 Å². The molecule has 4 heteroatoms. The number of esters is 1. The van der Waals surface area contributed by atoms with Crippen molar-refractivity contribution in [1.82, 2.24) is 4.90 Å². The first-order valence-corrected chi connectivity index (χ1v) is 7.00. The molecule has 2 rings (SSSR count). The highest BCUT2D eigenvalue weighted by molar-refractivity contribution is 5.86. The Bertz CT molecular complexity index is 421. The molecule has 1 aliphatic carbocycles. The van der Waals surface area contributed by atoms with E-state index in [-0.39, 0.29) is 11.8 Å². The number of carbonyl (C=O) groups excluding carboxylic acids is 1. The Kier molecular flexibility index (Phi) is 4.64. The van der Waals surface area contributed by atoms with Crippen LogP contribution in [-0.2, 0) is 4.74 Å². The lowest BCUT2D eigenvalue weighted by molar-refractivity contribution is 0.0559. The number of rotatable bonds is 5. The minimum absolute atomic E-state index is 0.180. The van der Waals surface area contributed by atoms with E-state index in [1.807, 2.05) is 6.07 Å². The molecule has 106 valence electrons. The lowest BCUT2D eigenvalue weighted by Crippen LogP contribution is -2.27. The van der Waals surface area contributed by atoms with E-state index in [2.05, 4.69) is 23.6 Å². The van der Waals surface area contributed by atoms with Crippen molar-refractivity contribution in [3.63, 3.8) is 0 Å². The van der Waals surface area contributed by atoms with Gasteiger partial charge in [-0.3, -0.25) is 4.90 Å². The van der Waals surface area contributed by atoms with E-state index < -0.39 is 5.97 Å². The molecule has 19 heavy (non-hydrogen) atoms. The van der Waals surface area contributed by atoms with Crippen LogP contribution in [0, 0.1) is 5.92 Å². The molecular weight excluding hydrogens is 242 g/mol. The molecule has 1 aromatic heterocycles. The van der Waals surface area contributed by atoms with E-state index in [1.165, 1.54) is 32.8 Å². The molecule has 0 radical (unpaired) electrons. The molecule has 1 aromatic rings. The van der Waals surface area contributed by atoms with Gasteiger partial charge in [0.1, 0.15) is 5.76 Å². The maximum atomic E-state index is 11.4. The summed E-state index contributed by atoms with van der Waals surface area (Å²) in [5.74, 6) is 1.49. The molecule has 0 amide bonds. The fourth-order valence-corrected chi connectivity index (χ4v) is 2.76. The standard InChI is InChI=1S/C15H23NO3/c1-11(16(2)10-12-6-4-5-7-12)13-8-9-14(19-13)15(17)18-3/h8-9,11-12H,4-7,10H2,1-3H3. The van der Waals surface area contributed by atoms with E-state index in [9.17, 15) is 4.79 Å². The van der Waals surface area contributed by atoms with Gasteiger partial charge in [0.05, 0.1) is 13.2 Å². The first-order chi connectivity index (χ1) is 9.11. The molecule has 0 aliphatic heterocycles. The summed E-state index contributed by atoms with van der Waals surface area (Å²) in [7, 11) is 3.48.